The molecular formula is C9H7NO. The van der Waals surface area contributed by atoms with E-state index in [9.17, 15) is 0 Å². The highest BCUT2D eigenvalue weighted by Gasteiger charge is 2.40. The summed E-state index contributed by atoms with van der Waals surface area (Å²) in [6.07, 6.45) is -0.182. The number of ether oxygens (including phenoxy) is 1. The van der Waals surface area contributed by atoms with Gasteiger partial charge >= 0.3 is 0 Å². The molecule has 0 N–H and O–H groups in total. The molecule has 1 saturated heterocycles. The smallest absolute Gasteiger partial charge is 0.175 e. The number of nitrogens with zero attached hydrogens (tertiary/aromatic N) is 1. The summed E-state index contributed by atoms with van der Waals surface area (Å²) >= 11 is 0. The molecule has 2 atom stereocenters. The Hall–Kier alpha value is -1.33. The molecule has 1 aliphatic heterocycles. The molecule has 54 valence electrons. The largest absolute Gasteiger partial charge is 0.348 e. The highest BCUT2D eigenvalue weighted by Crippen LogP contribution is 2.37. The van der Waals surface area contributed by atoms with Crippen molar-refractivity contribution in [2.75, 3.05) is 0 Å². The Morgan fingerprint density at radius 2 is 2.00 bits per heavy atom. The SMILES string of the molecule is N#C[C@@H]1O[C@H]1c1ccccc1. The molecular weight excluding hydrogens is 138 g/mol. The highest BCUT2D eigenvalue weighted by molar-refractivity contribution is 5.25. The lowest BCUT2D eigenvalue weighted by molar-refractivity contribution is 0.396. The summed E-state index contributed by atoms with van der Waals surface area (Å²) in [6, 6.07) is 11.9. The first-order chi connectivity index (χ1) is 5.42. The van der Waals surface area contributed by atoms with Crippen molar-refractivity contribution >= 4 is 0 Å². The van der Waals surface area contributed by atoms with Crippen LogP contribution in [0, 0.1) is 11.3 Å². The number of epoxide rings is 1. The van der Waals surface area contributed by atoms with Crippen LogP contribution in [0.4, 0.5) is 0 Å². The Kier molecular flexibility index (Phi) is 1.38. The van der Waals surface area contributed by atoms with Crippen molar-refractivity contribution in [3.8, 4) is 6.07 Å². The summed E-state index contributed by atoms with van der Waals surface area (Å²) in [5.74, 6) is 0. The van der Waals surface area contributed by atoms with Gasteiger partial charge in [0.25, 0.3) is 0 Å². The fourth-order valence-corrected chi connectivity index (χ4v) is 1.11. The number of rotatable bonds is 1. The van der Waals surface area contributed by atoms with Crippen molar-refractivity contribution in [2.24, 2.45) is 0 Å². The molecule has 0 spiro atoms. The maximum Gasteiger partial charge on any atom is 0.175 e. The Balaban J connectivity index is 2.16. The third-order valence-electron chi connectivity index (χ3n) is 1.75. The quantitative estimate of drug-likeness (QED) is 0.563. The van der Waals surface area contributed by atoms with Crippen molar-refractivity contribution in [3.63, 3.8) is 0 Å². The van der Waals surface area contributed by atoms with E-state index in [1.807, 2.05) is 30.3 Å². The summed E-state index contributed by atoms with van der Waals surface area (Å²) in [5, 5.41) is 8.46. The maximum absolute atomic E-state index is 8.46. The van der Waals surface area contributed by atoms with E-state index >= 15 is 0 Å². The van der Waals surface area contributed by atoms with E-state index in [-0.39, 0.29) is 12.2 Å². The molecule has 0 unspecified atom stereocenters. The van der Waals surface area contributed by atoms with Gasteiger partial charge in [0.05, 0.1) is 6.07 Å². The predicted molar refractivity (Wildman–Crippen MR) is 39.7 cm³/mol. The Bertz CT molecular complexity index is 288. The van der Waals surface area contributed by atoms with Gasteiger partial charge in [-0.05, 0) is 5.56 Å². The molecule has 1 fully saturated rings. The van der Waals surface area contributed by atoms with Crippen molar-refractivity contribution in [1.29, 1.82) is 5.26 Å². The summed E-state index contributed by atoms with van der Waals surface area (Å²) in [7, 11) is 0. The third kappa shape index (κ3) is 1.11. The van der Waals surface area contributed by atoms with E-state index in [1.54, 1.807) is 0 Å². The first-order valence-electron chi connectivity index (χ1n) is 3.52. The molecule has 0 saturated carbocycles. The standard InChI is InChI=1S/C9H7NO/c10-6-8-9(11-8)7-4-2-1-3-5-7/h1-5,8-9H/t8-,9-/m0/s1. The van der Waals surface area contributed by atoms with Gasteiger partial charge in [0.15, 0.2) is 6.10 Å². The summed E-state index contributed by atoms with van der Waals surface area (Å²) in [6.45, 7) is 0. The third-order valence-corrected chi connectivity index (χ3v) is 1.75. The van der Waals surface area contributed by atoms with Crippen molar-refractivity contribution in [2.45, 2.75) is 12.2 Å². The molecule has 2 rings (SSSR count). The van der Waals surface area contributed by atoms with Crippen LogP contribution in [0.5, 0.6) is 0 Å². The van der Waals surface area contributed by atoms with Gasteiger partial charge in [0, 0.05) is 0 Å². The minimum Gasteiger partial charge on any atom is -0.348 e. The minimum absolute atomic E-state index is 0.0289. The van der Waals surface area contributed by atoms with Crippen molar-refractivity contribution in [3.05, 3.63) is 35.9 Å². The van der Waals surface area contributed by atoms with Crippen LogP contribution >= 0.6 is 0 Å². The van der Waals surface area contributed by atoms with Gasteiger partial charge in [0.1, 0.15) is 6.10 Å². The van der Waals surface area contributed by atoms with E-state index in [2.05, 4.69) is 6.07 Å². The van der Waals surface area contributed by atoms with Crippen molar-refractivity contribution < 1.29 is 4.74 Å². The zero-order valence-corrected chi connectivity index (χ0v) is 5.90. The fourth-order valence-electron chi connectivity index (χ4n) is 1.11. The maximum atomic E-state index is 8.46. The second-order valence-corrected chi connectivity index (χ2v) is 2.52. The van der Waals surface area contributed by atoms with Crippen LogP contribution in [0.3, 0.4) is 0 Å². The van der Waals surface area contributed by atoms with E-state index in [0.717, 1.165) is 5.56 Å². The van der Waals surface area contributed by atoms with E-state index < -0.39 is 0 Å². The summed E-state index contributed by atoms with van der Waals surface area (Å²) < 4.78 is 5.09. The van der Waals surface area contributed by atoms with Gasteiger partial charge in [-0.2, -0.15) is 5.26 Å². The lowest BCUT2D eigenvalue weighted by Gasteiger charge is -1.90. The van der Waals surface area contributed by atoms with E-state index in [4.69, 9.17) is 10.00 Å². The minimum atomic E-state index is -0.211. The Morgan fingerprint density at radius 3 is 2.55 bits per heavy atom. The van der Waals surface area contributed by atoms with Crippen LogP contribution in [0.2, 0.25) is 0 Å². The van der Waals surface area contributed by atoms with Gasteiger partial charge < -0.3 is 4.74 Å². The molecule has 2 nitrogen and oxygen atoms in total. The molecule has 0 aromatic heterocycles. The van der Waals surface area contributed by atoms with Crippen LogP contribution in [0.15, 0.2) is 30.3 Å². The van der Waals surface area contributed by atoms with Gasteiger partial charge in [-0.15, -0.1) is 0 Å². The fraction of sp³-hybridized carbons (Fsp3) is 0.222. The number of nitriles is 1. The van der Waals surface area contributed by atoms with E-state index in [0.29, 0.717) is 0 Å². The molecule has 0 radical (unpaired) electrons. The molecule has 2 heteroatoms. The molecule has 0 aliphatic carbocycles. The first kappa shape index (κ1) is 6.38. The summed E-state index contributed by atoms with van der Waals surface area (Å²) in [4.78, 5) is 0. The average Bonchev–Trinajstić information content (AvgIpc) is 2.85. The van der Waals surface area contributed by atoms with Crippen LogP contribution < -0.4 is 0 Å². The molecule has 1 aromatic rings. The topological polar surface area (TPSA) is 36.3 Å². The predicted octanol–water partition coefficient (Wildman–Crippen LogP) is 1.65. The van der Waals surface area contributed by atoms with Gasteiger partial charge in [-0.3, -0.25) is 0 Å². The monoisotopic (exact) mass is 145 g/mol. The zero-order chi connectivity index (χ0) is 7.68. The Morgan fingerprint density at radius 1 is 1.27 bits per heavy atom. The van der Waals surface area contributed by atoms with Crippen molar-refractivity contribution in [1.82, 2.24) is 0 Å². The van der Waals surface area contributed by atoms with Crippen LogP contribution in [0.1, 0.15) is 11.7 Å². The lowest BCUT2D eigenvalue weighted by Crippen LogP contribution is -1.82. The number of hydrogen-bond donors (Lipinski definition) is 0. The molecule has 0 amide bonds. The summed E-state index contributed by atoms with van der Waals surface area (Å²) in [5.41, 5.74) is 1.10. The van der Waals surface area contributed by atoms with Gasteiger partial charge in [-0.1, -0.05) is 30.3 Å². The molecule has 1 aliphatic rings. The number of benzene rings is 1. The molecule has 0 bridgehead atoms. The van der Waals surface area contributed by atoms with Crippen LogP contribution in [-0.2, 0) is 4.74 Å². The second-order valence-electron chi connectivity index (χ2n) is 2.52. The highest BCUT2D eigenvalue weighted by atomic mass is 16.6. The van der Waals surface area contributed by atoms with Gasteiger partial charge in [-0.25, -0.2) is 0 Å². The number of hydrogen-bond acceptors (Lipinski definition) is 2. The van der Waals surface area contributed by atoms with E-state index in [1.165, 1.54) is 0 Å². The molecule has 11 heavy (non-hydrogen) atoms. The Labute approximate surface area is 65.0 Å². The average molecular weight is 145 g/mol. The van der Waals surface area contributed by atoms with Crippen LogP contribution in [0.25, 0.3) is 0 Å². The zero-order valence-electron chi connectivity index (χ0n) is 5.90. The van der Waals surface area contributed by atoms with Gasteiger partial charge in [0.2, 0.25) is 0 Å². The lowest BCUT2D eigenvalue weighted by atomic mass is 10.1. The molecule has 1 heterocycles. The first-order valence-corrected chi connectivity index (χ1v) is 3.52. The second kappa shape index (κ2) is 2.37. The van der Waals surface area contributed by atoms with Crippen LogP contribution in [-0.4, -0.2) is 6.10 Å². The normalized spacial score (nSPS) is 27.5. The molecule has 1 aromatic carbocycles.